The van der Waals surface area contributed by atoms with Crippen LogP contribution in [0.4, 0.5) is 37.2 Å². The Kier molecular flexibility index (Phi) is 7.45. The van der Waals surface area contributed by atoms with Gasteiger partial charge in [0.15, 0.2) is 5.82 Å². The maximum Gasteiger partial charge on any atom is 0.417 e. The zero-order valence-corrected chi connectivity index (χ0v) is 25.4. The van der Waals surface area contributed by atoms with Crippen molar-refractivity contribution < 1.29 is 35.8 Å². The fourth-order valence-corrected chi connectivity index (χ4v) is 8.10. The maximum absolute atomic E-state index is 16.9. The first-order valence-corrected chi connectivity index (χ1v) is 15.6. The van der Waals surface area contributed by atoms with E-state index in [9.17, 15) is 27.2 Å². The van der Waals surface area contributed by atoms with Gasteiger partial charge in [-0.3, -0.25) is 4.90 Å². The van der Waals surface area contributed by atoms with E-state index in [4.69, 9.17) is 15.2 Å². The minimum Gasteiger partial charge on any atom is -0.461 e. The molecular weight excluding hydrogens is 634 g/mol. The van der Waals surface area contributed by atoms with Gasteiger partial charge in [0.2, 0.25) is 0 Å². The van der Waals surface area contributed by atoms with Crippen LogP contribution in [0.5, 0.6) is 6.01 Å². The van der Waals surface area contributed by atoms with E-state index in [1.807, 2.05) is 11.0 Å². The van der Waals surface area contributed by atoms with Gasteiger partial charge in [-0.05, 0) is 44.0 Å². The second kappa shape index (κ2) is 11.1. The Morgan fingerprint density at radius 1 is 1.22 bits per heavy atom. The number of rotatable bonds is 5. The predicted octanol–water partition coefficient (Wildman–Crippen LogP) is 6.44. The van der Waals surface area contributed by atoms with Gasteiger partial charge in [0, 0.05) is 42.4 Å². The van der Waals surface area contributed by atoms with Crippen molar-refractivity contribution in [1.82, 2.24) is 14.9 Å². The number of nitrogens with zero attached hydrogens (tertiary/aromatic N) is 5. The molecule has 5 heterocycles. The molecule has 3 fully saturated rings. The Hall–Kier alpha value is -3.87. The molecule has 0 bridgehead atoms. The molecule has 0 radical (unpaired) electrons. The van der Waals surface area contributed by atoms with E-state index in [1.165, 1.54) is 0 Å². The Balaban J connectivity index is 1.46. The van der Waals surface area contributed by atoms with Crippen molar-refractivity contribution in [3.05, 3.63) is 41.0 Å². The Bertz CT molecular complexity index is 1910. The molecule has 4 aromatic rings. The number of nitrogen functional groups attached to an aromatic ring is 1. The van der Waals surface area contributed by atoms with Crippen LogP contribution in [0.3, 0.4) is 0 Å². The van der Waals surface area contributed by atoms with Crippen LogP contribution in [0.15, 0.2) is 18.2 Å². The van der Waals surface area contributed by atoms with Gasteiger partial charge in [0.05, 0.1) is 34.1 Å². The number of nitriles is 1. The SMILES string of the molecule is C[C@@H]1CN(c2nc(OC[C@@]34CCCN3C[C@H](F)C4)nc3c(F)c(-c4ccc(F)c5sc(N)c(C#N)c45)c(C(F)(F)F)cc23)CCO1. The molecule has 0 unspecified atom stereocenters. The number of aromatic nitrogens is 2. The highest BCUT2D eigenvalue weighted by molar-refractivity contribution is 7.23. The van der Waals surface area contributed by atoms with E-state index in [1.54, 1.807) is 11.8 Å². The molecule has 0 amide bonds. The molecule has 3 aliphatic heterocycles. The molecule has 0 aliphatic carbocycles. The summed E-state index contributed by atoms with van der Waals surface area (Å²) < 4.78 is 102. The Morgan fingerprint density at radius 2 is 2.02 bits per heavy atom. The lowest BCUT2D eigenvalue weighted by Gasteiger charge is -2.33. The summed E-state index contributed by atoms with van der Waals surface area (Å²) >= 11 is 0.693. The van der Waals surface area contributed by atoms with Crippen molar-refractivity contribution in [2.75, 3.05) is 50.0 Å². The smallest absolute Gasteiger partial charge is 0.417 e. The molecule has 0 spiro atoms. The van der Waals surface area contributed by atoms with Crippen molar-refractivity contribution in [2.45, 2.75) is 50.2 Å². The number of morpholine rings is 1. The summed E-state index contributed by atoms with van der Waals surface area (Å²) in [7, 11) is 0. The summed E-state index contributed by atoms with van der Waals surface area (Å²) in [5.74, 6) is -2.12. The van der Waals surface area contributed by atoms with Crippen LogP contribution >= 0.6 is 11.3 Å². The monoisotopic (exact) mass is 662 g/mol. The average molecular weight is 663 g/mol. The van der Waals surface area contributed by atoms with Crippen LogP contribution in [0, 0.1) is 23.0 Å². The zero-order valence-electron chi connectivity index (χ0n) is 24.6. The van der Waals surface area contributed by atoms with E-state index in [2.05, 4.69) is 9.97 Å². The van der Waals surface area contributed by atoms with Gasteiger partial charge in [-0.25, -0.2) is 13.2 Å². The topological polar surface area (TPSA) is 101 Å². The van der Waals surface area contributed by atoms with Gasteiger partial charge in [-0.15, -0.1) is 11.3 Å². The first-order valence-electron chi connectivity index (χ1n) is 14.8. The number of anilines is 2. The molecule has 3 aliphatic rings. The van der Waals surface area contributed by atoms with Crippen molar-refractivity contribution in [2.24, 2.45) is 0 Å². The van der Waals surface area contributed by atoms with Crippen LogP contribution in [-0.2, 0) is 10.9 Å². The van der Waals surface area contributed by atoms with Gasteiger partial charge in [-0.1, -0.05) is 6.07 Å². The van der Waals surface area contributed by atoms with E-state index in [0.717, 1.165) is 24.6 Å². The summed E-state index contributed by atoms with van der Waals surface area (Å²) in [4.78, 5) is 12.5. The summed E-state index contributed by atoms with van der Waals surface area (Å²) in [6, 6.07) is 4.26. The van der Waals surface area contributed by atoms with Gasteiger partial charge >= 0.3 is 12.2 Å². The first-order chi connectivity index (χ1) is 21.9. The third-order valence-corrected chi connectivity index (χ3v) is 10.2. The fraction of sp³-hybridized carbons (Fsp3) is 0.452. The first kappa shape index (κ1) is 30.8. The van der Waals surface area contributed by atoms with Crippen LogP contribution in [-0.4, -0.2) is 72.1 Å². The highest BCUT2D eigenvalue weighted by Crippen LogP contribution is 2.48. The number of halogens is 6. The van der Waals surface area contributed by atoms with Crippen molar-refractivity contribution in [1.29, 1.82) is 5.26 Å². The number of fused-ring (bicyclic) bond motifs is 3. The van der Waals surface area contributed by atoms with Crippen LogP contribution in [0.25, 0.3) is 32.1 Å². The predicted molar refractivity (Wildman–Crippen MR) is 161 cm³/mol. The molecule has 15 heteroatoms. The quantitative estimate of drug-likeness (QED) is 0.244. The van der Waals surface area contributed by atoms with Crippen LogP contribution < -0.4 is 15.4 Å². The molecule has 0 saturated carbocycles. The van der Waals surface area contributed by atoms with Gasteiger partial charge in [0.25, 0.3) is 0 Å². The molecule has 242 valence electrons. The van der Waals surface area contributed by atoms with Crippen LogP contribution in [0.2, 0.25) is 0 Å². The van der Waals surface area contributed by atoms with Gasteiger partial charge in [-0.2, -0.15) is 28.4 Å². The number of hydrogen-bond donors (Lipinski definition) is 1. The largest absolute Gasteiger partial charge is 0.461 e. The summed E-state index contributed by atoms with van der Waals surface area (Å²) in [6.07, 6.45) is -4.58. The molecule has 3 saturated heterocycles. The summed E-state index contributed by atoms with van der Waals surface area (Å²) in [6.45, 7) is 3.59. The lowest BCUT2D eigenvalue weighted by molar-refractivity contribution is -0.137. The molecule has 2 aromatic heterocycles. The number of thiophene rings is 1. The number of alkyl halides is 4. The Morgan fingerprint density at radius 3 is 2.76 bits per heavy atom. The molecular formula is C31H28F6N6O2S. The fourth-order valence-electron chi connectivity index (χ4n) is 7.15. The Labute approximate surface area is 263 Å². The zero-order chi connectivity index (χ0) is 32.5. The normalized spacial score (nSPS) is 23.7. The number of nitrogens with two attached hydrogens (primary N) is 1. The van der Waals surface area contributed by atoms with E-state index < -0.39 is 46.2 Å². The highest BCUT2D eigenvalue weighted by atomic mass is 32.1. The van der Waals surface area contributed by atoms with Gasteiger partial charge in [0.1, 0.15) is 41.0 Å². The standard InChI is InChI=1S/C31H28F6N6O2S/c1-15-12-42(7-8-44-15)28-18-9-20(31(35,36)37)23(17-3-4-21(33)26-22(17)19(11-38)27(39)46-26)24(34)25(18)40-29(41-28)45-14-30-5-2-6-43(30)13-16(32)10-30/h3-4,9,15-16H,2,5-8,10,12-14,39H2,1H3/t15-,16-,30+/m1/s1. The molecule has 3 atom stereocenters. The summed E-state index contributed by atoms with van der Waals surface area (Å²) in [5.41, 5.74) is 2.05. The average Bonchev–Trinajstić information content (AvgIpc) is 3.65. The molecule has 46 heavy (non-hydrogen) atoms. The minimum atomic E-state index is -5.07. The lowest BCUT2D eigenvalue weighted by atomic mass is 9.92. The lowest BCUT2D eigenvalue weighted by Crippen LogP contribution is -2.44. The third-order valence-electron chi connectivity index (χ3n) is 9.17. The summed E-state index contributed by atoms with van der Waals surface area (Å²) in [5, 5.41) is 9.23. The van der Waals surface area contributed by atoms with Gasteiger partial charge < -0.3 is 20.1 Å². The number of hydrogen-bond acceptors (Lipinski definition) is 9. The second-order valence-electron chi connectivity index (χ2n) is 12.1. The van der Waals surface area contributed by atoms with E-state index in [0.29, 0.717) is 24.3 Å². The highest BCUT2D eigenvalue weighted by Gasteiger charge is 2.49. The van der Waals surface area contributed by atoms with E-state index in [-0.39, 0.29) is 88.8 Å². The maximum atomic E-state index is 16.9. The van der Waals surface area contributed by atoms with Crippen molar-refractivity contribution in [3.63, 3.8) is 0 Å². The minimum absolute atomic E-state index is 0.0191. The molecule has 2 N–H and O–H groups in total. The number of benzene rings is 2. The van der Waals surface area contributed by atoms with E-state index >= 15 is 4.39 Å². The van der Waals surface area contributed by atoms with Crippen molar-refractivity contribution in [3.8, 4) is 23.2 Å². The third kappa shape index (κ3) is 4.98. The second-order valence-corrected chi connectivity index (χ2v) is 13.1. The molecule has 8 nitrogen and oxygen atoms in total. The van der Waals surface area contributed by atoms with Crippen molar-refractivity contribution >= 4 is 43.1 Å². The van der Waals surface area contributed by atoms with Crippen LogP contribution in [0.1, 0.15) is 37.3 Å². The molecule has 2 aromatic carbocycles. The number of ether oxygens (including phenoxy) is 2. The molecule has 7 rings (SSSR count).